The summed E-state index contributed by atoms with van der Waals surface area (Å²) < 4.78 is 115. The monoisotopic (exact) mass is 503 g/mol. The molecule has 186 valence electrons. The molecule has 0 aliphatic rings. The minimum Gasteiger partial charge on any atom is -0.497 e. The van der Waals surface area contributed by atoms with Crippen LogP contribution in [0.3, 0.4) is 0 Å². The fraction of sp³-hybridized carbons (Fsp3) is 0.208. The van der Waals surface area contributed by atoms with Gasteiger partial charge < -0.3 is 10.1 Å². The smallest absolute Gasteiger partial charge is 0.417 e. The van der Waals surface area contributed by atoms with Crippen molar-refractivity contribution in [2.24, 2.45) is 0 Å². The van der Waals surface area contributed by atoms with Crippen molar-refractivity contribution in [3.05, 3.63) is 89.0 Å². The van der Waals surface area contributed by atoms with Crippen LogP contribution >= 0.6 is 0 Å². The molecule has 0 heterocycles. The Kier molecular flexibility index (Phi) is 7.09. The Morgan fingerprint density at radius 3 is 1.89 bits per heavy atom. The van der Waals surface area contributed by atoms with Crippen LogP contribution in [-0.4, -0.2) is 19.6 Å². The van der Waals surface area contributed by atoms with Gasteiger partial charge >= 0.3 is 12.4 Å². The summed E-state index contributed by atoms with van der Waals surface area (Å²) in [5.41, 5.74) is -5.04. The summed E-state index contributed by atoms with van der Waals surface area (Å²) in [4.78, 5) is 12.2. The van der Waals surface area contributed by atoms with Crippen molar-refractivity contribution in [2.75, 3.05) is 13.7 Å². The molecule has 0 spiro atoms. The second-order valence-corrected chi connectivity index (χ2v) is 7.42. The normalized spacial score (nSPS) is 12.4. The standard InChI is InChI=1S/C24H17F8NO2/c1-35-16-9-6-14(7-10-16)15-8-11-19(20(12-15)24(30,31)32)22(25,26)13-33-21(34)17-4-2-3-5-18(17)23(27,28)29/h2-12H,13H2,1H3,(H,33,34). The molecular formula is C24H17F8NO2. The number of carbonyl (C=O) groups is 1. The lowest BCUT2D eigenvalue weighted by molar-refractivity contribution is -0.142. The third kappa shape index (κ3) is 5.90. The lowest BCUT2D eigenvalue weighted by atomic mass is 9.95. The van der Waals surface area contributed by atoms with Crippen LogP contribution in [0.4, 0.5) is 35.1 Å². The van der Waals surface area contributed by atoms with Gasteiger partial charge in [-0.3, -0.25) is 4.79 Å². The number of carbonyl (C=O) groups excluding carboxylic acids is 1. The Morgan fingerprint density at radius 2 is 1.31 bits per heavy atom. The number of amides is 1. The number of halogens is 8. The number of nitrogens with one attached hydrogen (secondary N) is 1. The van der Waals surface area contributed by atoms with E-state index in [1.807, 2.05) is 0 Å². The number of rotatable bonds is 6. The molecule has 0 aliphatic heterocycles. The maximum atomic E-state index is 14.8. The first kappa shape index (κ1) is 26.0. The fourth-order valence-electron chi connectivity index (χ4n) is 3.37. The lowest BCUT2D eigenvalue weighted by Crippen LogP contribution is -2.37. The van der Waals surface area contributed by atoms with Gasteiger partial charge in [0, 0.05) is 5.56 Å². The predicted molar refractivity (Wildman–Crippen MR) is 111 cm³/mol. The first-order valence-corrected chi connectivity index (χ1v) is 9.92. The van der Waals surface area contributed by atoms with Gasteiger partial charge in [0.25, 0.3) is 11.8 Å². The van der Waals surface area contributed by atoms with Gasteiger partial charge in [0.05, 0.1) is 30.3 Å². The number of alkyl halides is 8. The van der Waals surface area contributed by atoms with E-state index < -0.39 is 53.0 Å². The quantitative estimate of drug-likeness (QED) is 0.371. The average molecular weight is 503 g/mol. The molecule has 1 amide bonds. The van der Waals surface area contributed by atoms with E-state index in [4.69, 9.17) is 4.74 Å². The second-order valence-electron chi connectivity index (χ2n) is 7.42. The number of benzene rings is 3. The van der Waals surface area contributed by atoms with E-state index in [-0.39, 0.29) is 5.56 Å². The van der Waals surface area contributed by atoms with E-state index in [0.717, 1.165) is 24.3 Å². The van der Waals surface area contributed by atoms with Crippen LogP contribution in [-0.2, 0) is 18.3 Å². The number of hydrogen-bond acceptors (Lipinski definition) is 2. The van der Waals surface area contributed by atoms with Gasteiger partial charge in [0.15, 0.2) is 0 Å². The topological polar surface area (TPSA) is 38.3 Å². The summed E-state index contributed by atoms with van der Waals surface area (Å²) in [6, 6.07) is 11.5. The summed E-state index contributed by atoms with van der Waals surface area (Å²) >= 11 is 0. The van der Waals surface area contributed by atoms with Crippen molar-refractivity contribution >= 4 is 5.91 Å². The molecule has 0 bridgehead atoms. The lowest BCUT2D eigenvalue weighted by Gasteiger charge is -2.23. The Labute approximate surface area is 194 Å². The van der Waals surface area contributed by atoms with Crippen molar-refractivity contribution in [1.82, 2.24) is 5.32 Å². The van der Waals surface area contributed by atoms with Gasteiger partial charge in [-0.25, -0.2) is 0 Å². The molecular weight excluding hydrogens is 486 g/mol. The SMILES string of the molecule is COc1ccc(-c2ccc(C(F)(F)CNC(=O)c3ccccc3C(F)(F)F)c(C(F)(F)F)c2)cc1. The van der Waals surface area contributed by atoms with Crippen molar-refractivity contribution in [1.29, 1.82) is 0 Å². The fourth-order valence-corrected chi connectivity index (χ4v) is 3.37. The predicted octanol–water partition coefficient (Wildman–Crippen LogP) is 6.92. The van der Waals surface area contributed by atoms with Crippen LogP contribution in [0.2, 0.25) is 0 Å². The van der Waals surface area contributed by atoms with Crippen LogP contribution in [0.1, 0.15) is 27.0 Å². The van der Waals surface area contributed by atoms with Crippen molar-refractivity contribution in [2.45, 2.75) is 18.3 Å². The molecule has 0 aromatic heterocycles. The van der Waals surface area contributed by atoms with E-state index in [9.17, 15) is 39.9 Å². The summed E-state index contributed by atoms with van der Waals surface area (Å²) in [6.45, 7) is -1.65. The summed E-state index contributed by atoms with van der Waals surface area (Å²) in [6.07, 6.45) is -10.1. The molecule has 35 heavy (non-hydrogen) atoms. The molecule has 1 N–H and O–H groups in total. The molecule has 0 atom stereocenters. The molecule has 11 heteroatoms. The Bertz CT molecular complexity index is 1200. The first-order valence-electron chi connectivity index (χ1n) is 9.92. The molecule has 0 unspecified atom stereocenters. The van der Waals surface area contributed by atoms with E-state index in [2.05, 4.69) is 0 Å². The zero-order chi connectivity index (χ0) is 26.0. The number of ether oxygens (including phenoxy) is 1. The van der Waals surface area contributed by atoms with Crippen molar-refractivity contribution in [3.63, 3.8) is 0 Å². The molecule has 0 fully saturated rings. The molecule has 0 radical (unpaired) electrons. The van der Waals surface area contributed by atoms with Gasteiger partial charge in [-0.05, 0) is 41.5 Å². The average Bonchev–Trinajstić information content (AvgIpc) is 2.81. The van der Waals surface area contributed by atoms with Crippen molar-refractivity contribution < 1.29 is 44.7 Å². The molecule has 3 nitrogen and oxygen atoms in total. The Balaban J connectivity index is 1.91. The van der Waals surface area contributed by atoms with E-state index in [1.54, 1.807) is 5.32 Å². The number of hydrogen-bond donors (Lipinski definition) is 1. The Hall–Kier alpha value is -3.63. The van der Waals surface area contributed by atoms with Gasteiger partial charge in [-0.2, -0.15) is 35.1 Å². The minimum atomic E-state index is -5.17. The van der Waals surface area contributed by atoms with Gasteiger partial charge in [-0.1, -0.05) is 36.4 Å². The zero-order valence-corrected chi connectivity index (χ0v) is 17.9. The highest BCUT2D eigenvalue weighted by Crippen LogP contribution is 2.41. The van der Waals surface area contributed by atoms with Crippen LogP contribution in [0.5, 0.6) is 5.75 Å². The Morgan fingerprint density at radius 1 is 0.743 bits per heavy atom. The third-order valence-electron chi connectivity index (χ3n) is 5.09. The second kappa shape index (κ2) is 9.55. The van der Waals surface area contributed by atoms with Crippen LogP contribution < -0.4 is 10.1 Å². The van der Waals surface area contributed by atoms with Gasteiger partial charge in [-0.15, -0.1) is 0 Å². The van der Waals surface area contributed by atoms with E-state index >= 15 is 0 Å². The summed E-state index contributed by atoms with van der Waals surface area (Å²) in [5, 5.41) is 1.62. The van der Waals surface area contributed by atoms with E-state index in [0.29, 0.717) is 29.5 Å². The maximum absolute atomic E-state index is 14.8. The molecule has 0 aliphatic carbocycles. The zero-order valence-electron chi connectivity index (χ0n) is 17.9. The summed E-state index contributed by atoms with van der Waals surface area (Å²) in [7, 11) is 1.40. The third-order valence-corrected chi connectivity index (χ3v) is 5.09. The van der Waals surface area contributed by atoms with Crippen LogP contribution in [0.15, 0.2) is 66.7 Å². The van der Waals surface area contributed by atoms with Gasteiger partial charge in [0.2, 0.25) is 0 Å². The number of methoxy groups -OCH3 is 1. The highest BCUT2D eigenvalue weighted by Gasteiger charge is 2.43. The maximum Gasteiger partial charge on any atom is 0.417 e. The first-order chi connectivity index (χ1) is 16.2. The highest BCUT2D eigenvalue weighted by atomic mass is 19.4. The molecule has 3 aromatic carbocycles. The molecule has 3 rings (SSSR count). The highest BCUT2D eigenvalue weighted by molar-refractivity contribution is 5.95. The molecule has 0 saturated heterocycles. The van der Waals surface area contributed by atoms with E-state index in [1.165, 1.54) is 31.4 Å². The van der Waals surface area contributed by atoms with Crippen LogP contribution in [0.25, 0.3) is 11.1 Å². The van der Waals surface area contributed by atoms with Gasteiger partial charge in [0.1, 0.15) is 5.75 Å². The molecule has 0 saturated carbocycles. The largest absolute Gasteiger partial charge is 0.497 e. The van der Waals surface area contributed by atoms with Crippen LogP contribution in [0, 0.1) is 0 Å². The minimum absolute atomic E-state index is 0.00247. The molecule has 3 aromatic rings. The van der Waals surface area contributed by atoms with Crippen molar-refractivity contribution in [3.8, 4) is 16.9 Å². The summed E-state index contributed by atoms with van der Waals surface area (Å²) in [5.74, 6) is -5.30.